The fraction of sp³-hybridized carbons (Fsp3) is 0.323. The lowest BCUT2D eigenvalue weighted by Crippen LogP contribution is -2.52. The average molecular weight is 609 g/mol. The molecule has 2 amide bonds. The molecule has 0 saturated carbocycles. The molecule has 0 aromatic heterocycles. The molecule has 1 fully saturated rings. The monoisotopic (exact) mass is 608 g/mol. The number of aliphatic carboxylic acids is 1. The average Bonchev–Trinajstić information content (AvgIpc) is 3.29. The van der Waals surface area contributed by atoms with Crippen LogP contribution in [0.1, 0.15) is 33.3 Å². The molecule has 0 spiro atoms. The van der Waals surface area contributed by atoms with Gasteiger partial charge in [0.25, 0.3) is 0 Å². The zero-order valence-electron chi connectivity index (χ0n) is 24.6. The Labute approximate surface area is 251 Å². The summed E-state index contributed by atoms with van der Waals surface area (Å²) in [5.41, 5.74) is 1.41. The van der Waals surface area contributed by atoms with E-state index in [1.807, 2.05) is 60.7 Å². The molecule has 12 heteroatoms. The van der Waals surface area contributed by atoms with Gasteiger partial charge in [-0.3, -0.25) is 18.9 Å². The molecule has 3 aromatic carbocycles. The summed E-state index contributed by atoms with van der Waals surface area (Å²) in [7, 11) is -3.61. The first-order chi connectivity index (χ1) is 20.4. The second-order valence-corrected chi connectivity index (χ2v) is 13.2. The number of carboxylic acid groups (broad SMARTS) is 1. The quantitative estimate of drug-likeness (QED) is 0.264. The predicted molar refractivity (Wildman–Crippen MR) is 164 cm³/mol. The molecule has 1 saturated heterocycles. The minimum Gasteiger partial charge on any atom is -0.480 e. The van der Waals surface area contributed by atoms with E-state index in [0.29, 0.717) is 24.4 Å². The van der Waals surface area contributed by atoms with Crippen LogP contribution in [0.3, 0.4) is 0 Å². The van der Waals surface area contributed by atoms with Crippen molar-refractivity contribution in [3.05, 3.63) is 90.5 Å². The summed E-state index contributed by atoms with van der Waals surface area (Å²) in [5, 5.41) is 14.1. The number of nitrogens with one attached hydrogen (secondary N) is 2. The van der Waals surface area contributed by atoms with Gasteiger partial charge < -0.3 is 25.0 Å². The van der Waals surface area contributed by atoms with E-state index in [1.165, 1.54) is 6.92 Å². The van der Waals surface area contributed by atoms with Gasteiger partial charge in [0.15, 0.2) is 0 Å². The van der Waals surface area contributed by atoms with Crippen LogP contribution in [-0.4, -0.2) is 53.9 Å². The van der Waals surface area contributed by atoms with Gasteiger partial charge in [-0.05, 0) is 69.7 Å². The molecule has 3 N–H and O–H groups in total. The number of anilines is 2. The maximum Gasteiger partial charge on any atom is 0.449 e. The summed E-state index contributed by atoms with van der Waals surface area (Å²) in [4.78, 5) is 36.7. The van der Waals surface area contributed by atoms with Gasteiger partial charge >= 0.3 is 19.7 Å². The number of amides is 2. The number of ether oxygens (including phenoxy) is 1. The Kier molecular flexibility index (Phi) is 9.66. The normalized spacial score (nSPS) is 15.7. The van der Waals surface area contributed by atoms with Crippen LogP contribution in [0, 0.1) is 0 Å². The van der Waals surface area contributed by atoms with E-state index in [4.69, 9.17) is 9.26 Å². The maximum atomic E-state index is 14.7. The Morgan fingerprint density at radius 3 is 1.84 bits per heavy atom. The topological polar surface area (TPSA) is 138 Å². The third kappa shape index (κ3) is 8.08. The zero-order chi connectivity index (χ0) is 31.2. The summed E-state index contributed by atoms with van der Waals surface area (Å²) >= 11 is 0. The Hall–Kier alpha value is -4.50. The predicted octanol–water partition coefficient (Wildman–Crippen LogP) is 5.23. The number of para-hydroxylation sites is 2. The Bertz CT molecular complexity index is 1410. The van der Waals surface area contributed by atoms with Crippen molar-refractivity contribution < 1.29 is 33.3 Å². The highest BCUT2D eigenvalue weighted by Gasteiger charge is 2.46. The molecule has 0 unspecified atom stereocenters. The molecule has 4 rings (SSSR count). The third-order valence-electron chi connectivity index (χ3n) is 6.57. The minimum absolute atomic E-state index is 0.0433. The highest BCUT2D eigenvalue weighted by atomic mass is 31.2. The number of hydrogen-bond acceptors (Lipinski definition) is 6. The summed E-state index contributed by atoms with van der Waals surface area (Å²) in [6.45, 7) is 7.41. The highest BCUT2D eigenvalue weighted by molar-refractivity contribution is 7.63. The largest absolute Gasteiger partial charge is 0.480 e. The number of rotatable bonds is 10. The molecule has 1 heterocycles. The van der Waals surface area contributed by atoms with Crippen LogP contribution in [-0.2, 0) is 25.3 Å². The van der Waals surface area contributed by atoms with Gasteiger partial charge in [0.2, 0.25) is 5.91 Å². The number of nitrogens with zero attached hydrogens (tertiary/aromatic N) is 2. The second kappa shape index (κ2) is 13.2. The minimum atomic E-state index is -3.61. The van der Waals surface area contributed by atoms with Crippen LogP contribution in [0.2, 0.25) is 0 Å². The maximum absolute atomic E-state index is 14.7. The van der Waals surface area contributed by atoms with Crippen molar-refractivity contribution in [2.45, 2.75) is 51.8 Å². The lowest BCUT2D eigenvalue weighted by molar-refractivity contribution is -0.141. The molecule has 228 valence electrons. The molecule has 2 atom stereocenters. The van der Waals surface area contributed by atoms with E-state index in [2.05, 4.69) is 10.6 Å². The molecule has 0 radical (unpaired) electrons. The van der Waals surface area contributed by atoms with Crippen LogP contribution < -0.4 is 24.5 Å². The van der Waals surface area contributed by atoms with Gasteiger partial charge in [-0.2, -0.15) is 0 Å². The molecular weight excluding hydrogens is 571 g/mol. The first-order valence-electron chi connectivity index (χ1n) is 13.9. The molecule has 11 nitrogen and oxygen atoms in total. The third-order valence-corrected chi connectivity index (χ3v) is 9.10. The van der Waals surface area contributed by atoms with E-state index >= 15 is 0 Å². The molecular formula is C31H37N4O7P. The van der Waals surface area contributed by atoms with E-state index in [1.54, 1.807) is 54.4 Å². The smallest absolute Gasteiger partial charge is 0.449 e. The first kappa shape index (κ1) is 31.4. The first-order valence-corrected chi connectivity index (χ1v) is 15.5. The van der Waals surface area contributed by atoms with Crippen molar-refractivity contribution in [2.75, 3.05) is 22.4 Å². The van der Waals surface area contributed by atoms with Gasteiger partial charge in [-0.15, -0.1) is 0 Å². The molecule has 1 aliphatic heterocycles. The molecule has 1 aliphatic rings. The van der Waals surface area contributed by atoms with Crippen molar-refractivity contribution in [3.63, 3.8) is 0 Å². The lowest BCUT2D eigenvalue weighted by Gasteiger charge is -2.31. The summed E-state index contributed by atoms with van der Waals surface area (Å²) in [6, 6.07) is 23.3. The molecule has 43 heavy (non-hydrogen) atoms. The van der Waals surface area contributed by atoms with Crippen LogP contribution in [0.5, 0.6) is 5.75 Å². The molecule has 0 aliphatic carbocycles. The van der Waals surface area contributed by atoms with E-state index in [0.717, 1.165) is 11.4 Å². The van der Waals surface area contributed by atoms with Crippen molar-refractivity contribution in [1.82, 2.24) is 10.6 Å². The Morgan fingerprint density at radius 1 is 0.860 bits per heavy atom. The second-order valence-electron chi connectivity index (χ2n) is 11.1. The number of carbonyl (C=O) groups excluding carboxylic acids is 2. The van der Waals surface area contributed by atoms with E-state index in [-0.39, 0.29) is 6.42 Å². The molecule has 0 bridgehead atoms. The van der Waals surface area contributed by atoms with Crippen molar-refractivity contribution in [3.8, 4) is 5.75 Å². The fourth-order valence-electron chi connectivity index (χ4n) is 4.52. The van der Waals surface area contributed by atoms with Gasteiger partial charge in [0.05, 0.1) is 0 Å². The Morgan fingerprint density at radius 2 is 1.37 bits per heavy atom. The highest BCUT2D eigenvalue weighted by Crippen LogP contribution is 2.60. The number of carbonyl (C=O) groups is 3. The zero-order valence-corrected chi connectivity index (χ0v) is 25.5. The summed E-state index contributed by atoms with van der Waals surface area (Å²) < 4.78 is 29.8. The van der Waals surface area contributed by atoms with Gasteiger partial charge in [0, 0.05) is 30.9 Å². The van der Waals surface area contributed by atoms with Gasteiger partial charge in [-0.1, -0.05) is 48.5 Å². The van der Waals surface area contributed by atoms with E-state index in [9.17, 15) is 24.1 Å². The fourth-order valence-corrected chi connectivity index (χ4v) is 6.90. The van der Waals surface area contributed by atoms with Crippen molar-refractivity contribution in [2.24, 2.45) is 0 Å². The van der Waals surface area contributed by atoms with Gasteiger partial charge in [0.1, 0.15) is 23.4 Å². The number of benzene rings is 3. The number of hydrogen-bond donors (Lipinski definition) is 3. The standard InChI is InChI=1S/C31H37N4O7P/c1-22(29(37)38)32-28(36)27(33-30(39)41-31(2,3)4)21-23-15-17-26(18-16-23)42-43(40)34(24-11-7-5-8-12-24)19-20-35(43)25-13-9-6-10-14-25/h5-18,22,27H,19-21H2,1-4H3,(H,32,36)(H,33,39)(H,37,38)/t22-,27-/m0/s1. The lowest BCUT2D eigenvalue weighted by atomic mass is 10.0. The summed E-state index contributed by atoms with van der Waals surface area (Å²) in [6.07, 6.45) is -0.765. The van der Waals surface area contributed by atoms with E-state index < -0.39 is 43.3 Å². The van der Waals surface area contributed by atoms with Crippen LogP contribution in [0.15, 0.2) is 84.9 Å². The number of alkyl carbamates (subject to hydrolysis) is 1. The van der Waals surface area contributed by atoms with Gasteiger partial charge in [-0.25, -0.2) is 9.36 Å². The van der Waals surface area contributed by atoms with Crippen LogP contribution in [0.25, 0.3) is 0 Å². The Balaban J connectivity index is 1.56. The van der Waals surface area contributed by atoms with Crippen LogP contribution >= 0.6 is 7.67 Å². The molecule has 3 aromatic rings. The van der Waals surface area contributed by atoms with Crippen molar-refractivity contribution in [1.29, 1.82) is 0 Å². The SMILES string of the molecule is C[C@H](NC(=O)[C@H](Cc1ccc(OP2(=O)N(c3ccccc3)CCN2c2ccccc2)cc1)NC(=O)OC(C)(C)C)C(=O)O. The van der Waals surface area contributed by atoms with Crippen molar-refractivity contribution >= 4 is 37.0 Å². The number of carboxylic acids is 1. The van der Waals surface area contributed by atoms with Crippen LogP contribution in [0.4, 0.5) is 16.2 Å². The summed E-state index contributed by atoms with van der Waals surface area (Å²) in [5.74, 6) is -1.52.